The summed E-state index contributed by atoms with van der Waals surface area (Å²) in [7, 11) is 3.86. The third-order valence-corrected chi connectivity index (χ3v) is 21.5. The number of hydrogen-bond acceptors (Lipinski definition) is 16. The largest absolute Gasteiger partial charge is 0.409 e. The van der Waals surface area contributed by atoms with Gasteiger partial charge in [0.2, 0.25) is 35.1 Å². The molecule has 0 saturated carbocycles. The molecule has 2 aliphatic carbocycles. The van der Waals surface area contributed by atoms with E-state index in [2.05, 4.69) is 30.4 Å². The Hall–Kier alpha value is -9.04. The summed E-state index contributed by atoms with van der Waals surface area (Å²) < 4.78 is 26.2. The Labute approximate surface area is 539 Å². The minimum atomic E-state index is -2.83. The van der Waals surface area contributed by atoms with E-state index in [1.807, 2.05) is 75.0 Å². The topological polar surface area (TPSA) is 289 Å². The third kappa shape index (κ3) is 8.99. The van der Waals surface area contributed by atoms with Gasteiger partial charge in [-0.15, -0.1) is 0 Å². The molecule has 24 nitrogen and oxygen atoms in total. The van der Waals surface area contributed by atoms with Crippen LogP contribution in [0.2, 0.25) is 0 Å². The van der Waals surface area contributed by atoms with Crippen molar-refractivity contribution in [3.05, 3.63) is 155 Å². The van der Waals surface area contributed by atoms with Crippen LogP contribution in [0.15, 0.2) is 122 Å². The Morgan fingerprint density at radius 2 is 0.989 bits per heavy atom. The van der Waals surface area contributed by atoms with Crippen molar-refractivity contribution in [2.24, 2.45) is 11.8 Å². The molecule has 2 aromatic heterocycles. The molecule has 94 heavy (non-hydrogen) atoms. The molecule has 0 spiro atoms. The number of aliphatic hydroxyl groups excluding tert-OH is 2. The van der Waals surface area contributed by atoms with Gasteiger partial charge < -0.3 is 50.1 Å². The number of esters is 2. The molecular formula is C70H72N10O14. The summed E-state index contributed by atoms with van der Waals surface area (Å²) in [5, 5.41) is 32.2. The van der Waals surface area contributed by atoms with E-state index in [0.717, 1.165) is 65.0 Å². The zero-order valence-corrected chi connectivity index (χ0v) is 52.3. The Morgan fingerprint density at radius 1 is 0.585 bits per heavy atom. The molecule has 0 radical (unpaired) electrons. The number of carbonyl (C=O) groups excluding carboxylic acids is 8. The first-order chi connectivity index (χ1) is 45.2. The van der Waals surface area contributed by atoms with Gasteiger partial charge in [0.1, 0.15) is 24.2 Å². The number of benzene rings is 4. The average Bonchev–Trinajstić information content (AvgIpc) is 1.53. The smallest absolute Gasteiger partial charge is 0.342 e. The zero-order chi connectivity index (χ0) is 65.1. The summed E-state index contributed by atoms with van der Waals surface area (Å²) in [4.78, 5) is 137. The highest BCUT2D eigenvalue weighted by Crippen LogP contribution is 2.52. The van der Waals surface area contributed by atoms with Crippen molar-refractivity contribution < 1.29 is 67.5 Å². The second-order valence-corrected chi connectivity index (χ2v) is 27.2. The van der Waals surface area contributed by atoms with E-state index in [0.29, 0.717) is 36.8 Å². The maximum absolute atomic E-state index is 15.6. The molecule has 2 unspecified atom stereocenters. The molecule has 486 valence electrons. The first-order valence-electron chi connectivity index (χ1n) is 32.4. The van der Waals surface area contributed by atoms with Crippen LogP contribution in [0, 0.1) is 11.8 Å². The zero-order valence-electron chi connectivity index (χ0n) is 52.3. The fraction of sp³-hybridized carbons (Fsp3) is 0.429. The van der Waals surface area contributed by atoms with E-state index in [1.165, 1.54) is 23.6 Å². The van der Waals surface area contributed by atoms with Crippen LogP contribution in [0.5, 0.6) is 0 Å². The van der Waals surface area contributed by atoms with E-state index in [4.69, 9.17) is 18.9 Å². The van der Waals surface area contributed by atoms with Crippen molar-refractivity contribution in [3.8, 4) is 0 Å². The van der Waals surface area contributed by atoms with E-state index in [-0.39, 0.29) is 63.9 Å². The number of aromatic nitrogens is 2. The van der Waals surface area contributed by atoms with Crippen LogP contribution >= 0.6 is 0 Å². The summed E-state index contributed by atoms with van der Waals surface area (Å²) >= 11 is 0. The number of aliphatic hydroxyl groups is 2. The number of rotatable bonds is 13. The number of amides is 6. The molecule has 6 amide bonds. The predicted molar refractivity (Wildman–Crippen MR) is 336 cm³/mol. The minimum absolute atomic E-state index is 0.0451. The van der Waals surface area contributed by atoms with Gasteiger partial charge in [-0.05, 0) is 123 Å². The van der Waals surface area contributed by atoms with E-state index >= 15 is 19.2 Å². The molecule has 6 saturated heterocycles. The standard InChI is InChI=1S/C70H72N10O14/c1-67(73-59(83)41-29-45-43-19-11-21-47-55(43)39(33-71-47)31-49(45)75(3)35-41)65(89)79-51(27-37-15-7-5-8-16-37)61(85)77-25-13-23-53(77)69(79,93-67)91-63(87)57(81)58(82)64(88)92-70-54-24-14-26-78(54)62(86)52(28-38-17-9-6-10-18-38)80(70)66(90)68(2,94-70)74-60(84)42-30-46-44-20-12-22-48-56(44)40(34-72-48)32-50(46)76(4)36-42/h5-12,15-22,29-30,33-34,41-42,49-54,57-58,71-72,81-82H,13-14,23-28,31-32,35-36H2,1-4H3,(H,73,83)(H,74,84)/t41-,42-,49-,50-,51+,52+,53+,54+,57?,58?,67-,68-,69+,70+/m0/s1. The monoisotopic (exact) mass is 1280 g/mol. The van der Waals surface area contributed by atoms with E-state index in [1.54, 1.807) is 60.7 Å². The molecule has 10 aliphatic rings. The molecule has 24 heteroatoms. The highest BCUT2D eigenvalue weighted by molar-refractivity contribution is 6.03. The minimum Gasteiger partial charge on any atom is -0.409 e. The summed E-state index contributed by atoms with van der Waals surface area (Å²) in [6, 6.07) is 24.3. The number of nitrogens with zero attached hydrogens (tertiary/aromatic N) is 6. The maximum Gasteiger partial charge on any atom is 0.342 e. The molecule has 6 fully saturated rings. The number of H-pyrrole nitrogens is 2. The molecule has 14 atom stereocenters. The van der Waals surface area contributed by atoms with Crippen molar-refractivity contribution in [3.63, 3.8) is 0 Å². The Kier molecular flexibility index (Phi) is 13.9. The first kappa shape index (κ1) is 59.9. The van der Waals surface area contributed by atoms with Crippen LogP contribution in [0.25, 0.3) is 33.0 Å². The van der Waals surface area contributed by atoms with Crippen LogP contribution < -0.4 is 10.6 Å². The lowest BCUT2D eigenvalue weighted by atomic mass is 9.79. The van der Waals surface area contributed by atoms with Gasteiger partial charge >= 0.3 is 23.8 Å². The number of carbonyl (C=O) groups is 8. The molecule has 0 bridgehead atoms. The second-order valence-electron chi connectivity index (χ2n) is 27.2. The molecule has 6 aromatic rings. The first-order valence-corrected chi connectivity index (χ1v) is 32.4. The summed E-state index contributed by atoms with van der Waals surface area (Å²) in [5.74, 6) is -14.3. The SMILES string of the molecule is CN1C[C@@H](C(=O)N[C@@]2(C)O[C@]3(OC(=O)C(O)C(O)C(=O)O[C@]45O[C@](C)(NC(=O)[C@H]6C=C7c8cccc9[nH]cc(c89)C[C@@H]7N(C)C6)C(=O)N4[C@H](Cc4ccccc4)C(=O)N4CCC[C@@H]45)[C@H]4CCCN4C(=O)[C@@H](Cc4ccccc4)N3C2=O)C=C2c3cccc4[nH]cc(c34)C[C@@H]21. The Morgan fingerprint density at radius 3 is 1.39 bits per heavy atom. The lowest BCUT2D eigenvalue weighted by Crippen LogP contribution is -2.73. The van der Waals surface area contributed by atoms with Gasteiger partial charge in [0, 0.05) is 85.3 Å². The van der Waals surface area contributed by atoms with Crippen LogP contribution in [0.3, 0.4) is 0 Å². The number of ether oxygens (including phenoxy) is 4. The van der Waals surface area contributed by atoms with Crippen molar-refractivity contribution in [2.75, 3.05) is 40.3 Å². The average molecular weight is 1280 g/mol. The predicted octanol–water partition coefficient (Wildman–Crippen LogP) is 2.82. The normalized spacial score (nSPS) is 32.2. The molecular weight excluding hydrogens is 1200 g/mol. The van der Waals surface area contributed by atoms with Gasteiger partial charge in [-0.2, -0.15) is 0 Å². The number of aromatic amines is 2. The highest BCUT2D eigenvalue weighted by atomic mass is 16.8. The van der Waals surface area contributed by atoms with Gasteiger partial charge in [0.25, 0.3) is 11.8 Å². The molecule has 10 heterocycles. The van der Waals surface area contributed by atoms with Crippen molar-refractivity contribution >= 4 is 80.3 Å². The Balaban J connectivity index is 0.712. The number of piperazine rings is 2. The summed E-state index contributed by atoms with van der Waals surface area (Å²) in [6.45, 7) is 3.46. The molecule has 4 aromatic carbocycles. The van der Waals surface area contributed by atoms with Gasteiger partial charge in [-0.25, -0.2) is 9.59 Å². The fourth-order valence-electron chi connectivity index (χ4n) is 17.1. The van der Waals surface area contributed by atoms with Crippen molar-refractivity contribution in [1.82, 2.24) is 50.0 Å². The van der Waals surface area contributed by atoms with E-state index in [9.17, 15) is 29.4 Å². The highest BCUT2D eigenvalue weighted by Gasteiger charge is 2.75. The number of likely N-dealkylation sites (N-methyl/N-ethyl adjacent to an activating group) is 2. The van der Waals surface area contributed by atoms with Crippen LogP contribution in [0.4, 0.5) is 0 Å². The Bertz CT molecular complexity index is 4020. The van der Waals surface area contributed by atoms with Gasteiger partial charge in [0.05, 0.1) is 11.8 Å². The third-order valence-electron chi connectivity index (χ3n) is 21.5. The quantitative estimate of drug-likeness (QED) is 0.0907. The summed E-state index contributed by atoms with van der Waals surface area (Å²) in [5.41, 5.74) is 4.67. The number of hydrogen-bond donors (Lipinski definition) is 6. The second kappa shape index (κ2) is 21.8. The number of fused-ring (bicyclic) bond motifs is 10. The van der Waals surface area contributed by atoms with Crippen LogP contribution in [-0.4, -0.2) is 209 Å². The van der Waals surface area contributed by atoms with Crippen molar-refractivity contribution in [2.45, 2.75) is 137 Å². The molecule has 16 rings (SSSR count). The molecule has 6 N–H and O–H groups in total. The van der Waals surface area contributed by atoms with Gasteiger partial charge in [-0.3, -0.25) is 57.8 Å². The van der Waals surface area contributed by atoms with Gasteiger partial charge in [0.15, 0.2) is 12.2 Å². The summed E-state index contributed by atoms with van der Waals surface area (Å²) in [6.07, 6.45) is 4.34. The van der Waals surface area contributed by atoms with E-state index < -0.39 is 119 Å². The molecule has 8 aliphatic heterocycles. The lowest BCUT2D eigenvalue weighted by Gasteiger charge is -2.51. The maximum atomic E-state index is 15.6. The van der Waals surface area contributed by atoms with Crippen LogP contribution in [0.1, 0.15) is 72.9 Å². The fourth-order valence-corrected chi connectivity index (χ4v) is 17.1. The van der Waals surface area contributed by atoms with Gasteiger partial charge in [-0.1, -0.05) is 97.1 Å². The van der Waals surface area contributed by atoms with Crippen LogP contribution in [-0.2, 0) is 83.0 Å². The number of nitrogens with one attached hydrogen (secondary N) is 4. The van der Waals surface area contributed by atoms with Crippen molar-refractivity contribution in [1.29, 1.82) is 0 Å². The lowest BCUT2D eigenvalue weighted by molar-refractivity contribution is -0.329.